The van der Waals surface area contributed by atoms with Crippen molar-refractivity contribution in [1.82, 2.24) is 0 Å². The maximum absolute atomic E-state index is 13.4. The molecule has 21 heavy (non-hydrogen) atoms. The van der Waals surface area contributed by atoms with Gasteiger partial charge in [0.2, 0.25) is 0 Å². The van der Waals surface area contributed by atoms with Gasteiger partial charge >= 0.3 is 0 Å². The predicted molar refractivity (Wildman–Crippen MR) is 72.4 cm³/mol. The van der Waals surface area contributed by atoms with E-state index in [0.717, 1.165) is 18.2 Å². The lowest BCUT2D eigenvalue weighted by Crippen LogP contribution is -2.13. The van der Waals surface area contributed by atoms with Crippen molar-refractivity contribution in [2.75, 3.05) is 5.32 Å². The Morgan fingerprint density at radius 3 is 2.52 bits per heavy atom. The molecule has 2 aromatic carbocycles. The van der Waals surface area contributed by atoms with Crippen molar-refractivity contribution >= 4 is 28.9 Å². The first-order valence-corrected chi connectivity index (χ1v) is 5.96. The van der Waals surface area contributed by atoms with Crippen LogP contribution in [0.25, 0.3) is 0 Å². The molecule has 0 aromatic heterocycles. The fourth-order valence-electron chi connectivity index (χ4n) is 1.58. The first-order chi connectivity index (χ1) is 9.88. The number of anilines is 1. The number of carbonyl (C=O) groups is 1. The SMILES string of the molecule is O=C(Nc1ccc(F)cc1F)c1ccc(Cl)c([N+](=O)[O-])c1. The van der Waals surface area contributed by atoms with Gasteiger partial charge in [-0.05, 0) is 24.3 Å². The first kappa shape index (κ1) is 14.9. The van der Waals surface area contributed by atoms with Gasteiger partial charge in [-0.3, -0.25) is 14.9 Å². The smallest absolute Gasteiger partial charge is 0.288 e. The van der Waals surface area contributed by atoms with E-state index >= 15 is 0 Å². The van der Waals surface area contributed by atoms with Crippen LogP contribution in [0.5, 0.6) is 0 Å². The highest BCUT2D eigenvalue weighted by molar-refractivity contribution is 6.32. The van der Waals surface area contributed by atoms with Crippen LogP contribution in [0.15, 0.2) is 36.4 Å². The Labute approximate surface area is 122 Å². The Kier molecular flexibility index (Phi) is 4.13. The van der Waals surface area contributed by atoms with E-state index in [1.165, 1.54) is 12.1 Å². The number of nitro benzene ring substituents is 1. The van der Waals surface area contributed by atoms with Crippen LogP contribution in [0.4, 0.5) is 20.2 Å². The summed E-state index contributed by atoms with van der Waals surface area (Å²) in [5, 5.41) is 12.8. The molecule has 1 N–H and O–H groups in total. The molecule has 0 heterocycles. The number of nitro groups is 1. The second-order valence-corrected chi connectivity index (χ2v) is 4.41. The summed E-state index contributed by atoms with van der Waals surface area (Å²) in [4.78, 5) is 21.9. The molecular weight excluding hydrogens is 306 g/mol. The van der Waals surface area contributed by atoms with Gasteiger partial charge in [0.25, 0.3) is 11.6 Å². The lowest BCUT2D eigenvalue weighted by Gasteiger charge is -2.06. The van der Waals surface area contributed by atoms with Crippen molar-refractivity contribution in [3.05, 3.63) is 68.7 Å². The van der Waals surface area contributed by atoms with Gasteiger partial charge in [-0.15, -0.1) is 0 Å². The van der Waals surface area contributed by atoms with Gasteiger partial charge in [0.05, 0.1) is 10.6 Å². The largest absolute Gasteiger partial charge is 0.319 e. The highest BCUT2D eigenvalue weighted by atomic mass is 35.5. The van der Waals surface area contributed by atoms with Crippen LogP contribution in [-0.2, 0) is 0 Å². The number of benzene rings is 2. The molecule has 8 heteroatoms. The van der Waals surface area contributed by atoms with Gasteiger partial charge in [0, 0.05) is 17.7 Å². The second kappa shape index (κ2) is 5.84. The number of rotatable bonds is 3. The average molecular weight is 313 g/mol. The third kappa shape index (κ3) is 3.32. The molecule has 0 unspecified atom stereocenters. The molecule has 0 saturated carbocycles. The first-order valence-electron chi connectivity index (χ1n) is 5.59. The molecule has 5 nitrogen and oxygen atoms in total. The molecular formula is C13H7ClF2N2O3. The number of amides is 1. The number of nitrogens with one attached hydrogen (secondary N) is 1. The zero-order valence-corrected chi connectivity index (χ0v) is 11.0. The van der Waals surface area contributed by atoms with E-state index in [1.807, 2.05) is 0 Å². The van der Waals surface area contributed by atoms with Crippen LogP contribution >= 0.6 is 11.6 Å². The van der Waals surface area contributed by atoms with Crippen molar-refractivity contribution < 1.29 is 18.5 Å². The maximum atomic E-state index is 13.4. The minimum atomic E-state index is -0.952. The average Bonchev–Trinajstić information content (AvgIpc) is 2.42. The van der Waals surface area contributed by atoms with Crippen LogP contribution in [0.2, 0.25) is 5.02 Å². The van der Waals surface area contributed by atoms with Crippen molar-refractivity contribution in [3.63, 3.8) is 0 Å². The molecule has 0 aliphatic heterocycles. The monoisotopic (exact) mass is 312 g/mol. The summed E-state index contributed by atoms with van der Waals surface area (Å²) in [6.07, 6.45) is 0. The second-order valence-electron chi connectivity index (χ2n) is 4.00. The van der Waals surface area contributed by atoms with Crippen LogP contribution in [-0.4, -0.2) is 10.8 Å². The number of carbonyl (C=O) groups excluding carboxylic acids is 1. The summed E-state index contributed by atoms with van der Waals surface area (Å²) in [6.45, 7) is 0. The van der Waals surface area contributed by atoms with Crippen LogP contribution in [0.1, 0.15) is 10.4 Å². The van der Waals surface area contributed by atoms with Gasteiger partial charge in [-0.2, -0.15) is 0 Å². The molecule has 0 saturated heterocycles. The fourth-order valence-corrected chi connectivity index (χ4v) is 1.77. The zero-order valence-electron chi connectivity index (χ0n) is 10.3. The van der Waals surface area contributed by atoms with Crippen molar-refractivity contribution in [2.24, 2.45) is 0 Å². The normalized spacial score (nSPS) is 10.2. The molecule has 0 fully saturated rings. The van der Waals surface area contributed by atoms with Gasteiger partial charge in [0.1, 0.15) is 16.7 Å². The van der Waals surface area contributed by atoms with Gasteiger partial charge < -0.3 is 5.32 Å². The molecule has 2 rings (SSSR count). The van der Waals surface area contributed by atoms with Crippen molar-refractivity contribution in [3.8, 4) is 0 Å². The Morgan fingerprint density at radius 1 is 1.19 bits per heavy atom. The van der Waals surface area contributed by atoms with E-state index in [9.17, 15) is 23.7 Å². The van der Waals surface area contributed by atoms with E-state index < -0.39 is 28.2 Å². The maximum Gasteiger partial charge on any atom is 0.288 e. The van der Waals surface area contributed by atoms with Crippen molar-refractivity contribution in [2.45, 2.75) is 0 Å². The Balaban J connectivity index is 2.28. The molecule has 0 aliphatic rings. The Morgan fingerprint density at radius 2 is 1.90 bits per heavy atom. The highest BCUT2D eigenvalue weighted by Crippen LogP contribution is 2.25. The Hall–Kier alpha value is -2.54. The standard InChI is InChI=1S/C13H7ClF2N2O3/c14-9-3-1-7(5-12(9)18(20)21)13(19)17-11-4-2-8(15)6-10(11)16/h1-6H,(H,17,19). The predicted octanol–water partition coefficient (Wildman–Crippen LogP) is 3.78. The molecule has 0 atom stereocenters. The molecule has 108 valence electrons. The number of nitrogens with zero attached hydrogens (tertiary/aromatic N) is 1. The summed E-state index contributed by atoms with van der Waals surface area (Å²) in [5.41, 5.74) is -0.752. The van der Waals surface area contributed by atoms with Crippen LogP contribution in [0.3, 0.4) is 0 Å². The minimum absolute atomic E-state index is 0.0742. The van der Waals surface area contributed by atoms with E-state index in [2.05, 4.69) is 5.32 Å². The topological polar surface area (TPSA) is 72.2 Å². The molecule has 0 spiro atoms. The molecule has 0 bridgehead atoms. The lowest BCUT2D eigenvalue weighted by atomic mass is 10.2. The minimum Gasteiger partial charge on any atom is -0.319 e. The van der Waals surface area contributed by atoms with Gasteiger partial charge in [-0.1, -0.05) is 11.6 Å². The summed E-state index contributed by atoms with van der Waals surface area (Å²) in [7, 11) is 0. The Bertz CT molecular complexity index is 737. The third-order valence-electron chi connectivity index (χ3n) is 2.58. The third-order valence-corrected chi connectivity index (χ3v) is 2.90. The molecule has 1 amide bonds. The van der Waals surface area contributed by atoms with Crippen molar-refractivity contribution in [1.29, 1.82) is 0 Å². The fraction of sp³-hybridized carbons (Fsp3) is 0. The van der Waals surface area contributed by atoms with E-state index in [-0.39, 0.29) is 16.3 Å². The number of halogens is 3. The van der Waals surface area contributed by atoms with Gasteiger partial charge in [0.15, 0.2) is 0 Å². The zero-order chi connectivity index (χ0) is 15.6. The highest BCUT2D eigenvalue weighted by Gasteiger charge is 2.17. The molecule has 0 radical (unpaired) electrons. The summed E-state index contributed by atoms with van der Waals surface area (Å²) < 4.78 is 26.2. The number of hydrogen-bond donors (Lipinski definition) is 1. The quantitative estimate of drug-likeness (QED) is 0.692. The lowest BCUT2D eigenvalue weighted by molar-refractivity contribution is -0.384. The summed E-state index contributed by atoms with van der Waals surface area (Å²) >= 11 is 5.62. The van der Waals surface area contributed by atoms with Gasteiger partial charge in [-0.25, -0.2) is 8.78 Å². The van der Waals surface area contributed by atoms with E-state index in [1.54, 1.807) is 0 Å². The number of hydrogen-bond acceptors (Lipinski definition) is 3. The summed E-state index contributed by atoms with van der Waals surface area (Å²) in [6, 6.07) is 6.05. The van der Waals surface area contributed by atoms with Crippen LogP contribution in [0, 0.1) is 21.7 Å². The molecule has 0 aliphatic carbocycles. The summed E-state index contributed by atoms with van der Waals surface area (Å²) in [5.74, 6) is -2.51. The van der Waals surface area contributed by atoms with E-state index in [4.69, 9.17) is 11.6 Å². The van der Waals surface area contributed by atoms with Crippen LogP contribution < -0.4 is 5.32 Å². The van der Waals surface area contributed by atoms with E-state index in [0.29, 0.717) is 6.07 Å². The molecule has 2 aromatic rings.